The van der Waals surface area contributed by atoms with E-state index in [0.29, 0.717) is 29.5 Å². The molecule has 0 bridgehead atoms. The minimum atomic E-state index is -0.381. The fourth-order valence-electron chi connectivity index (χ4n) is 3.10. The van der Waals surface area contributed by atoms with Crippen LogP contribution in [-0.4, -0.2) is 48.8 Å². The van der Waals surface area contributed by atoms with E-state index >= 15 is 0 Å². The lowest BCUT2D eigenvalue weighted by atomic mass is 9.99. The summed E-state index contributed by atoms with van der Waals surface area (Å²) in [6, 6.07) is 0. The van der Waals surface area contributed by atoms with Crippen LogP contribution in [0.15, 0.2) is 9.59 Å². The van der Waals surface area contributed by atoms with Crippen LogP contribution in [-0.2, 0) is 20.6 Å². The van der Waals surface area contributed by atoms with Gasteiger partial charge in [0.05, 0.1) is 6.54 Å². The molecule has 8 heteroatoms. The number of fused-ring (bicyclic) bond motifs is 1. The molecule has 120 valence electrons. The highest BCUT2D eigenvalue weighted by molar-refractivity contribution is 5.69. The van der Waals surface area contributed by atoms with Gasteiger partial charge in [0, 0.05) is 27.2 Å². The molecule has 1 aliphatic heterocycles. The highest BCUT2D eigenvalue weighted by Crippen LogP contribution is 2.17. The van der Waals surface area contributed by atoms with E-state index in [1.807, 2.05) is 0 Å². The largest absolute Gasteiger partial charge is 0.396 e. The summed E-state index contributed by atoms with van der Waals surface area (Å²) in [4.78, 5) is 33.7. The summed E-state index contributed by atoms with van der Waals surface area (Å²) in [7, 11) is 3.07. The first-order valence-corrected chi connectivity index (χ1v) is 7.49. The molecule has 1 saturated heterocycles. The number of H-pyrrole nitrogens is 1. The van der Waals surface area contributed by atoms with E-state index in [4.69, 9.17) is 0 Å². The number of hydrogen-bond acceptors (Lipinski definition) is 5. The van der Waals surface area contributed by atoms with Crippen molar-refractivity contribution in [1.29, 1.82) is 0 Å². The molecular weight excluding hydrogens is 286 g/mol. The first-order chi connectivity index (χ1) is 10.5. The minimum Gasteiger partial charge on any atom is -0.396 e. The van der Waals surface area contributed by atoms with Gasteiger partial charge >= 0.3 is 5.69 Å². The fourth-order valence-corrected chi connectivity index (χ4v) is 3.10. The van der Waals surface area contributed by atoms with E-state index in [9.17, 15) is 14.7 Å². The number of likely N-dealkylation sites (tertiary alicyclic amines) is 1. The predicted octanol–water partition coefficient (Wildman–Crippen LogP) is -0.835. The first-order valence-electron chi connectivity index (χ1n) is 7.49. The number of aryl methyl sites for hydroxylation is 1. The van der Waals surface area contributed by atoms with Gasteiger partial charge in [0.1, 0.15) is 11.3 Å². The second kappa shape index (κ2) is 5.69. The van der Waals surface area contributed by atoms with Crippen molar-refractivity contribution >= 4 is 11.2 Å². The van der Waals surface area contributed by atoms with Crippen LogP contribution < -0.4 is 11.2 Å². The van der Waals surface area contributed by atoms with Crippen LogP contribution in [0.25, 0.3) is 11.2 Å². The summed E-state index contributed by atoms with van der Waals surface area (Å²) in [6.07, 6.45) is 2.09. The average Bonchev–Trinajstić information content (AvgIpc) is 2.95. The summed E-state index contributed by atoms with van der Waals surface area (Å²) in [6.45, 7) is 2.56. The first kappa shape index (κ1) is 15.0. The Labute approximate surface area is 127 Å². The molecule has 0 saturated carbocycles. The molecule has 0 spiro atoms. The molecule has 3 heterocycles. The summed E-state index contributed by atoms with van der Waals surface area (Å²) in [5.41, 5.74) is 0.00623. The van der Waals surface area contributed by atoms with Gasteiger partial charge in [-0.2, -0.15) is 0 Å². The summed E-state index contributed by atoms with van der Waals surface area (Å²) < 4.78 is 2.45. The molecule has 0 aromatic carbocycles. The zero-order valence-corrected chi connectivity index (χ0v) is 12.9. The fraction of sp³-hybridized carbons (Fsp3) is 0.643. The molecule has 2 N–H and O–H groups in total. The Hall–Kier alpha value is -1.93. The van der Waals surface area contributed by atoms with Crippen LogP contribution >= 0.6 is 0 Å². The third kappa shape index (κ3) is 2.48. The summed E-state index contributed by atoms with van der Waals surface area (Å²) in [5, 5.41) is 9.29. The number of aliphatic hydroxyl groups is 1. The van der Waals surface area contributed by atoms with Crippen LogP contribution in [0.2, 0.25) is 0 Å². The molecular formula is C14H21N5O3. The van der Waals surface area contributed by atoms with Gasteiger partial charge in [-0.05, 0) is 25.3 Å². The van der Waals surface area contributed by atoms with Gasteiger partial charge in [-0.25, -0.2) is 9.78 Å². The lowest BCUT2D eigenvalue weighted by molar-refractivity contribution is 0.114. The van der Waals surface area contributed by atoms with E-state index in [2.05, 4.69) is 14.9 Å². The summed E-state index contributed by atoms with van der Waals surface area (Å²) >= 11 is 0. The van der Waals surface area contributed by atoms with Crippen LogP contribution in [0, 0.1) is 5.92 Å². The molecule has 2 aromatic rings. The van der Waals surface area contributed by atoms with Gasteiger partial charge in [0.15, 0.2) is 5.65 Å². The Morgan fingerprint density at radius 2 is 2.09 bits per heavy atom. The van der Waals surface area contributed by atoms with Gasteiger partial charge in [-0.1, -0.05) is 0 Å². The number of aromatic amines is 1. The van der Waals surface area contributed by atoms with Crippen LogP contribution in [0.3, 0.4) is 0 Å². The second-order valence-corrected chi connectivity index (χ2v) is 6.01. The Kier molecular flexibility index (Phi) is 3.88. The maximum absolute atomic E-state index is 12.1. The summed E-state index contributed by atoms with van der Waals surface area (Å²) in [5.74, 6) is 0.974. The monoisotopic (exact) mass is 307 g/mol. The molecule has 1 fully saturated rings. The van der Waals surface area contributed by atoms with Crippen molar-refractivity contribution in [2.24, 2.45) is 20.0 Å². The van der Waals surface area contributed by atoms with Crippen molar-refractivity contribution in [1.82, 2.24) is 24.0 Å². The van der Waals surface area contributed by atoms with E-state index in [1.165, 1.54) is 11.6 Å². The third-order valence-corrected chi connectivity index (χ3v) is 4.38. The van der Waals surface area contributed by atoms with Crippen LogP contribution in [0.4, 0.5) is 0 Å². The number of rotatable bonds is 3. The third-order valence-electron chi connectivity index (χ3n) is 4.38. The SMILES string of the molecule is Cn1c(=O)c2[nH]c(CN3CCCC(CO)C3)nc2n(C)c1=O. The Morgan fingerprint density at radius 1 is 1.32 bits per heavy atom. The molecule has 0 radical (unpaired) electrons. The van der Waals surface area contributed by atoms with Crippen molar-refractivity contribution in [3.8, 4) is 0 Å². The number of hydrogen-bond donors (Lipinski definition) is 2. The lowest BCUT2D eigenvalue weighted by Gasteiger charge is -2.30. The quantitative estimate of drug-likeness (QED) is 0.771. The van der Waals surface area contributed by atoms with Crippen molar-refractivity contribution in [2.75, 3.05) is 19.7 Å². The van der Waals surface area contributed by atoms with E-state index in [-0.39, 0.29) is 17.9 Å². The van der Waals surface area contributed by atoms with Gasteiger partial charge in [0.25, 0.3) is 5.56 Å². The molecule has 2 aromatic heterocycles. The Morgan fingerprint density at radius 3 is 2.82 bits per heavy atom. The number of imidazole rings is 1. The molecule has 8 nitrogen and oxygen atoms in total. The number of nitrogens with zero attached hydrogens (tertiary/aromatic N) is 4. The maximum Gasteiger partial charge on any atom is 0.332 e. The van der Waals surface area contributed by atoms with Gasteiger partial charge in [0.2, 0.25) is 0 Å². The second-order valence-electron chi connectivity index (χ2n) is 6.01. The Bertz CT molecular complexity index is 803. The van der Waals surface area contributed by atoms with E-state index in [1.54, 1.807) is 7.05 Å². The highest BCUT2D eigenvalue weighted by atomic mass is 16.3. The molecule has 0 aliphatic carbocycles. The van der Waals surface area contributed by atoms with Crippen LogP contribution in [0.5, 0.6) is 0 Å². The topological polar surface area (TPSA) is 96.2 Å². The van der Waals surface area contributed by atoms with Crippen molar-refractivity contribution < 1.29 is 5.11 Å². The van der Waals surface area contributed by atoms with Crippen molar-refractivity contribution in [3.05, 3.63) is 26.7 Å². The van der Waals surface area contributed by atoms with Gasteiger partial charge in [-0.15, -0.1) is 0 Å². The van der Waals surface area contributed by atoms with E-state index < -0.39 is 0 Å². The van der Waals surface area contributed by atoms with Gasteiger partial charge in [-0.3, -0.25) is 18.8 Å². The number of aromatic nitrogens is 4. The van der Waals surface area contributed by atoms with Crippen molar-refractivity contribution in [3.63, 3.8) is 0 Å². The zero-order valence-electron chi connectivity index (χ0n) is 12.9. The molecule has 1 atom stereocenters. The zero-order chi connectivity index (χ0) is 15.9. The molecule has 22 heavy (non-hydrogen) atoms. The minimum absolute atomic E-state index is 0.200. The standard InChI is InChI=1S/C14H21N5O3/c1-17-12-11(13(21)18(2)14(17)22)15-10(16-12)7-19-5-3-4-9(6-19)8-20/h9,20H,3-8H2,1-2H3,(H,15,16). The number of piperidine rings is 1. The van der Waals surface area contributed by atoms with Crippen LogP contribution in [0.1, 0.15) is 18.7 Å². The van der Waals surface area contributed by atoms with Crippen molar-refractivity contribution in [2.45, 2.75) is 19.4 Å². The highest BCUT2D eigenvalue weighted by Gasteiger charge is 2.21. The molecule has 0 amide bonds. The van der Waals surface area contributed by atoms with E-state index in [0.717, 1.165) is 30.5 Å². The number of aliphatic hydroxyl groups excluding tert-OH is 1. The van der Waals surface area contributed by atoms with Gasteiger partial charge < -0.3 is 10.1 Å². The Balaban J connectivity index is 1.93. The lowest BCUT2D eigenvalue weighted by Crippen LogP contribution is -2.36. The molecule has 1 aliphatic rings. The molecule has 1 unspecified atom stereocenters. The maximum atomic E-state index is 12.1. The number of nitrogens with one attached hydrogen (secondary N) is 1. The smallest absolute Gasteiger partial charge is 0.332 e. The molecule has 3 rings (SSSR count). The average molecular weight is 307 g/mol. The predicted molar refractivity (Wildman–Crippen MR) is 81.7 cm³/mol. The normalized spacial score (nSPS) is 19.9.